The van der Waals surface area contributed by atoms with Crippen LogP contribution >= 0.6 is 58.0 Å². The van der Waals surface area contributed by atoms with E-state index in [0.29, 0.717) is 44.4 Å². The highest BCUT2D eigenvalue weighted by Crippen LogP contribution is 2.46. The summed E-state index contributed by atoms with van der Waals surface area (Å²) in [5.74, 6) is -0.362. The number of esters is 2. The maximum Gasteiger partial charge on any atom is 0.337 e. The van der Waals surface area contributed by atoms with E-state index in [1.807, 2.05) is 54.6 Å². The minimum Gasteiger partial charge on any atom is -0.465 e. The molecule has 0 aliphatic heterocycles. The normalized spacial score (nSPS) is 14.3. The number of ether oxygens (including phenoxy) is 2. The summed E-state index contributed by atoms with van der Waals surface area (Å²) >= 11 is 27.6. The number of carbonyl (C=O) groups excluding carboxylic acids is 4. The summed E-state index contributed by atoms with van der Waals surface area (Å²) in [6, 6.07) is 22.4. The number of nitrogens with two attached hydrogens (primary N) is 1. The van der Waals surface area contributed by atoms with Gasteiger partial charge in [0.05, 0.1) is 48.3 Å². The minimum absolute atomic E-state index is 0.0957. The fourth-order valence-electron chi connectivity index (χ4n) is 8.77. The Hall–Kier alpha value is -4.71. The average Bonchev–Trinajstić information content (AvgIpc) is 3.87. The van der Waals surface area contributed by atoms with Crippen LogP contribution in [0.15, 0.2) is 72.8 Å². The zero-order chi connectivity index (χ0) is 45.2. The van der Waals surface area contributed by atoms with Gasteiger partial charge in [0, 0.05) is 48.7 Å². The molecule has 15 heteroatoms. The predicted molar refractivity (Wildman–Crippen MR) is 257 cm³/mol. The second kappa shape index (κ2) is 22.3. The summed E-state index contributed by atoms with van der Waals surface area (Å²) < 4.78 is 9.75. The van der Waals surface area contributed by atoms with Crippen LogP contribution in [0.1, 0.15) is 108 Å². The number of nitrogen functional groups attached to an aromatic ring is 1. The van der Waals surface area contributed by atoms with Crippen molar-refractivity contribution in [2.75, 3.05) is 37.0 Å². The lowest BCUT2D eigenvalue weighted by atomic mass is 9.81. The lowest BCUT2D eigenvalue weighted by Crippen LogP contribution is -2.13. The average molecular weight is 955 g/mol. The van der Waals surface area contributed by atoms with Gasteiger partial charge in [0.1, 0.15) is 5.88 Å². The Kier molecular flexibility index (Phi) is 16.9. The Bertz CT molecular complexity index is 2610. The zero-order valence-corrected chi connectivity index (χ0v) is 38.8. The monoisotopic (exact) mass is 952 g/mol. The first-order valence-corrected chi connectivity index (χ1v) is 23.0. The molecule has 0 bridgehead atoms. The number of amides is 1. The molecular formula is C48H49Cl5N4O6. The number of fused-ring (bicyclic) bond motifs is 2. The van der Waals surface area contributed by atoms with Gasteiger partial charge in [0.25, 0.3) is 0 Å². The molecule has 5 N–H and O–H groups in total. The number of aromatic nitrogens is 2. The minimum atomic E-state index is -0.508. The van der Waals surface area contributed by atoms with Crippen LogP contribution in [-0.4, -0.2) is 59.0 Å². The third-order valence-corrected chi connectivity index (χ3v) is 12.8. The number of nitrogens with one attached hydrogen (secondary N) is 3. The van der Waals surface area contributed by atoms with Crippen molar-refractivity contribution < 1.29 is 28.7 Å². The van der Waals surface area contributed by atoms with Gasteiger partial charge in [-0.25, -0.2) is 9.59 Å². The van der Waals surface area contributed by atoms with Gasteiger partial charge < -0.3 is 30.5 Å². The number of anilines is 2. The Morgan fingerprint density at radius 2 is 1.08 bits per heavy atom. The lowest BCUT2D eigenvalue weighted by molar-refractivity contribution is -0.114. The molecule has 2 heterocycles. The molecule has 4 aromatic carbocycles. The zero-order valence-electron chi connectivity index (χ0n) is 35.0. The molecule has 2 saturated carbocycles. The highest BCUT2D eigenvalue weighted by atomic mass is 35.5. The number of hydrogen-bond acceptors (Lipinski definition) is 7. The number of carbonyl (C=O) groups is 4. The molecule has 2 aliphatic carbocycles. The van der Waals surface area contributed by atoms with E-state index in [2.05, 4.69) is 15.3 Å². The number of hydrogen-bond donors (Lipinski definition) is 4. The van der Waals surface area contributed by atoms with Crippen LogP contribution < -0.4 is 11.1 Å². The third kappa shape index (κ3) is 11.5. The molecule has 1 amide bonds. The first-order valence-electron chi connectivity index (χ1n) is 20.8. The van der Waals surface area contributed by atoms with Crippen LogP contribution in [0, 0.1) is 0 Å². The first-order chi connectivity index (χ1) is 30.4. The van der Waals surface area contributed by atoms with Crippen molar-refractivity contribution in [1.29, 1.82) is 0 Å². The van der Waals surface area contributed by atoms with Gasteiger partial charge in [0.15, 0.2) is 0 Å². The number of benzene rings is 4. The van der Waals surface area contributed by atoms with Gasteiger partial charge in [-0.3, -0.25) is 9.59 Å². The van der Waals surface area contributed by atoms with E-state index < -0.39 is 5.24 Å². The lowest BCUT2D eigenvalue weighted by Gasteiger charge is -2.23. The van der Waals surface area contributed by atoms with Gasteiger partial charge in [-0.05, 0) is 121 Å². The van der Waals surface area contributed by atoms with E-state index in [4.69, 9.17) is 73.2 Å². The number of H-pyrrole nitrogens is 2. The van der Waals surface area contributed by atoms with Crippen molar-refractivity contribution in [1.82, 2.24) is 9.97 Å². The molecule has 0 spiro atoms. The molecule has 2 aromatic heterocycles. The van der Waals surface area contributed by atoms with E-state index in [-0.39, 0.29) is 29.6 Å². The first kappa shape index (κ1) is 47.8. The van der Waals surface area contributed by atoms with E-state index in [1.165, 1.54) is 76.7 Å². The fourth-order valence-corrected chi connectivity index (χ4v) is 9.19. The highest BCUT2D eigenvalue weighted by molar-refractivity contribution is 6.67. The molecule has 63 heavy (non-hydrogen) atoms. The van der Waals surface area contributed by atoms with Crippen molar-refractivity contribution in [3.05, 3.63) is 105 Å². The molecule has 8 rings (SSSR count). The number of aromatic amines is 2. The van der Waals surface area contributed by atoms with Crippen LogP contribution in [0.4, 0.5) is 11.4 Å². The fraction of sp³-hybridized carbons (Fsp3) is 0.333. The number of halogens is 5. The Morgan fingerprint density at radius 1 is 0.635 bits per heavy atom. The van der Waals surface area contributed by atoms with Gasteiger partial charge in [-0.15, -0.1) is 23.2 Å². The molecule has 2 aliphatic rings. The van der Waals surface area contributed by atoms with E-state index in [1.54, 1.807) is 18.2 Å². The van der Waals surface area contributed by atoms with Crippen molar-refractivity contribution >= 4 is 114 Å². The van der Waals surface area contributed by atoms with Crippen molar-refractivity contribution in [3.8, 4) is 22.5 Å². The molecule has 0 saturated heterocycles. The summed E-state index contributed by atoms with van der Waals surface area (Å²) in [4.78, 5) is 52.5. The maximum atomic E-state index is 12.1. The second-order valence-corrected chi connectivity index (χ2v) is 17.4. The molecule has 0 radical (unpaired) electrons. The van der Waals surface area contributed by atoms with Crippen molar-refractivity contribution in [2.45, 2.75) is 76.0 Å². The molecule has 6 aromatic rings. The van der Waals surface area contributed by atoms with Gasteiger partial charge >= 0.3 is 11.9 Å². The second-order valence-electron chi connectivity index (χ2n) is 15.6. The van der Waals surface area contributed by atoms with E-state index in [0.717, 1.165) is 57.2 Å². The quantitative estimate of drug-likeness (QED) is 0.0486. The molecule has 0 atom stereocenters. The summed E-state index contributed by atoms with van der Waals surface area (Å²) in [6.45, 7) is 0. The summed E-state index contributed by atoms with van der Waals surface area (Å²) in [5.41, 5.74) is 16.7. The van der Waals surface area contributed by atoms with Crippen LogP contribution in [0.25, 0.3) is 44.3 Å². The van der Waals surface area contributed by atoms with Crippen molar-refractivity contribution in [3.63, 3.8) is 0 Å². The largest absolute Gasteiger partial charge is 0.465 e. The van der Waals surface area contributed by atoms with Gasteiger partial charge in [0.2, 0.25) is 11.1 Å². The number of methoxy groups -OCH3 is 2. The summed E-state index contributed by atoms with van der Waals surface area (Å²) in [6.07, 6.45) is 12.0. The van der Waals surface area contributed by atoms with Gasteiger partial charge in [-0.1, -0.05) is 73.9 Å². The molecule has 332 valence electrons. The van der Waals surface area contributed by atoms with Crippen LogP contribution in [-0.2, 0) is 19.1 Å². The van der Waals surface area contributed by atoms with Crippen LogP contribution in [0.5, 0.6) is 0 Å². The Balaban J connectivity index is 0.000000191. The highest BCUT2D eigenvalue weighted by Gasteiger charge is 2.27. The van der Waals surface area contributed by atoms with Crippen molar-refractivity contribution in [2.24, 2.45) is 0 Å². The van der Waals surface area contributed by atoms with Crippen LogP contribution in [0.3, 0.4) is 0 Å². The maximum absolute atomic E-state index is 12.1. The molecule has 2 fully saturated rings. The SMILES string of the molecule is COC(=O)c1ccc2c(C3CCCCC3)c(-c3ccc(Cl)cc3N)[nH]c2c1.COC(=O)c1ccc2c(C3CCCCC3)c(-c3ccc(Cl)cc3NC(=O)CCl)[nH]c2c1.O=C(Cl)CCl. The van der Waals surface area contributed by atoms with Crippen LogP contribution in [0.2, 0.25) is 10.0 Å². The topological polar surface area (TPSA) is 156 Å². The third-order valence-electron chi connectivity index (χ3n) is 11.6. The predicted octanol–water partition coefficient (Wildman–Crippen LogP) is 13.4. The van der Waals surface area contributed by atoms with E-state index in [9.17, 15) is 19.2 Å². The molecular weight excluding hydrogens is 906 g/mol. The Morgan fingerprint density at radius 3 is 1.51 bits per heavy atom. The summed E-state index contributed by atoms with van der Waals surface area (Å²) in [5, 5.41) is 5.74. The molecule has 0 unspecified atom stereocenters. The van der Waals surface area contributed by atoms with Gasteiger partial charge in [-0.2, -0.15) is 0 Å². The standard InChI is InChI=1S/C24H24Cl2N2O3.C22H23ClN2O2.C2H2Cl2O/c1-31-24(30)15-7-9-17-19(11-15)28-23(22(17)14-5-3-2-4-6-14)18-10-8-16(26)12-20(18)27-21(29)13-25;1-27-22(26)14-7-9-17-19(11-14)25-21(16-10-8-15(23)12-18(16)24)20(17)13-5-3-2-4-6-13;3-1-2(4)5/h7-12,14,28H,2-6,13H2,1H3,(H,27,29);7-13,25H,2-6,24H2,1H3;1H2. The van der Waals surface area contributed by atoms with E-state index >= 15 is 0 Å². The number of rotatable bonds is 9. The Labute approximate surface area is 391 Å². The smallest absolute Gasteiger partial charge is 0.337 e. The number of alkyl halides is 2. The summed E-state index contributed by atoms with van der Waals surface area (Å²) in [7, 11) is 2.77. The molecule has 10 nitrogen and oxygen atoms in total.